The van der Waals surface area contributed by atoms with Crippen LogP contribution in [-0.2, 0) is 24.2 Å². The van der Waals surface area contributed by atoms with Gasteiger partial charge in [0.2, 0.25) is 0 Å². The highest BCUT2D eigenvalue weighted by molar-refractivity contribution is 6.05. The van der Waals surface area contributed by atoms with Gasteiger partial charge in [-0.15, -0.1) is 0 Å². The zero-order chi connectivity index (χ0) is 31.2. The molecule has 4 aromatic rings. The lowest BCUT2D eigenvalue weighted by Gasteiger charge is -2.20. The molecule has 2 aliphatic rings. The Morgan fingerprint density at radius 3 is 2.53 bits per heavy atom. The lowest BCUT2D eigenvalue weighted by atomic mass is 9.85. The maximum absolute atomic E-state index is 13.7. The largest absolute Gasteiger partial charge is 0.457 e. The first kappa shape index (κ1) is 30.8. The SMILES string of the molecule is Cc1ccc(C2=C(c3ccc(C[C@H]4CCN(CCCF)C4)cc3)c3ccc(N)cc3CCC2)c(C(=O)OCc2ccccc2)c1. The Morgan fingerprint density at radius 1 is 0.933 bits per heavy atom. The summed E-state index contributed by atoms with van der Waals surface area (Å²) >= 11 is 0. The van der Waals surface area contributed by atoms with Gasteiger partial charge in [-0.2, -0.15) is 0 Å². The highest BCUT2D eigenvalue weighted by atomic mass is 19.1. The predicted octanol–water partition coefficient (Wildman–Crippen LogP) is 8.45. The summed E-state index contributed by atoms with van der Waals surface area (Å²) in [5, 5.41) is 0. The van der Waals surface area contributed by atoms with Crippen molar-refractivity contribution < 1.29 is 13.9 Å². The van der Waals surface area contributed by atoms with Gasteiger partial charge in [-0.05, 0) is 121 Å². The normalized spacial score (nSPS) is 16.8. The van der Waals surface area contributed by atoms with Crippen LogP contribution >= 0.6 is 0 Å². The quantitative estimate of drug-likeness (QED) is 0.146. The molecule has 0 amide bonds. The van der Waals surface area contributed by atoms with Crippen LogP contribution in [0.3, 0.4) is 0 Å². The van der Waals surface area contributed by atoms with Crippen molar-refractivity contribution in [2.75, 3.05) is 32.0 Å². The molecule has 4 aromatic carbocycles. The van der Waals surface area contributed by atoms with Gasteiger partial charge in [0, 0.05) is 18.8 Å². The Bertz CT molecular complexity index is 1660. The number of ether oxygens (including phenoxy) is 1. The molecule has 1 saturated heterocycles. The van der Waals surface area contributed by atoms with Crippen LogP contribution in [0.25, 0.3) is 11.1 Å². The third kappa shape index (κ3) is 7.37. The van der Waals surface area contributed by atoms with Crippen LogP contribution in [0.15, 0.2) is 91.0 Å². The minimum absolute atomic E-state index is 0.233. The standard InChI is InChI=1S/C40H43FN2O2/c1-28-11-17-36(38(23-28)40(44)45-27-30-7-3-2-4-8-30)37-10-5-9-33-25-34(42)16-18-35(33)39(37)32-14-12-29(13-15-32)24-31-19-22-43(26-31)21-6-20-41/h2-4,7-8,11-18,23,25,31H,5-6,9-10,19-22,24,26-27,42H2,1H3/t31-/m1/s1. The number of nitrogen functional groups attached to an aromatic ring is 1. The monoisotopic (exact) mass is 602 g/mol. The number of likely N-dealkylation sites (tertiary alicyclic amines) is 1. The van der Waals surface area contributed by atoms with Crippen molar-refractivity contribution in [2.45, 2.75) is 52.1 Å². The van der Waals surface area contributed by atoms with E-state index in [0.29, 0.717) is 17.9 Å². The van der Waals surface area contributed by atoms with Crippen LogP contribution < -0.4 is 5.73 Å². The maximum Gasteiger partial charge on any atom is 0.339 e. The van der Waals surface area contributed by atoms with Crippen molar-refractivity contribution >= 4 is 22.8 Å². The van der Waals surface area contributed by atoms with E-state index in [2.05, 4.69) is 53.4 Å². The van der Waals surface area contributed by atoms with E-state index >= 15 is 0 Å². The van der Waals surface area contributed by atoms with Gasteiger partial charge < -0.3 is 15.4 Å². The lowest BCUT2D eigenvalue weighted by Crippen LogP contribution is -2.22. The van der Waals surface area contributed by atoms with Crippen LogP contribution in [0.2, 0.25) is 0 Å². The van der Waals surface area contributed by atoms with Gasteiger partial charge in [-0.3, -0.25) is 4.39 Å². The molecule has 1 atom stereocenters. The van der Waals surface area contributed by atoms with Crippen molar-refractivity contribution in [1.82, 2.24) is 4.90 Å². The molecule has 0 radical (unpaired) electrons. The first-order valence-corrected chi connectivity index (χ1v) is 16.3. The van der Waals surface area contributed by atoms with E-state index < -0.39 is 0 Å². The average Bonchev–Trinajstić information content (AvgIpc) is 3.42. The van der Waals surface area contributed by atoms with Crippen LogP contribution in [0.1, 0.15) is 75.0 Å². The number of carbonyl (C=O) groups excluding carboxylic acids is 1. The van der Waals surface area contributed by atoms with Gasteiger partial charge in [0.15, 0.2) is 0 Å². The van der Waals surface area contributed by atoms with E-state index in [0.717, 1.165) is 90.8 Å². The van der Waals surface area contributed by atoms with Crippen molar-refractivity contribution in [2.24, 2.45) is 5.92 Å². The van der Waals surface area contributed by atoms with Gasteiger partial charge in [0.25, 0.3) is 0 Å². The summed E-state index contributed by atoms with van der Waals surface area (Å²) in [6.45, 7) is 4.97. The van der Waals surface area contributed by atoms with Gasteiger partial charge in [0.1, 0.15) is 6.61 Å². The number of benzene rings is 4. The molecule has 5 heteroatoms. The lowest BCUT2D eigenvalue weighted by molar-refractivity contribution is 0.0472. The smallest absolute Gasteiger partial charge is 0.339 e. The molecular weight excluding hydrogens is 559 g/mol. The molecule has 0 spiro atoms. The second-order valence-electron chi connectivity index (χ2n) is 12.6. The predicted molar refractivity (Wildman–Crippen MR) is 182 cm³/mol. The zero-order valence-corrected chi connectivity index (χ0v) is 26.2. The van der Waals surface area contributed by atoms with E-state index in [4.69, 9.17) is 10.5 Å². The minimum Gasteiger partial charge on any atom is -0.457 e. The molecule has 232 valence electrons. The Labute approximate surface area is 266 Å². The van der Waals surface area contributed by atoms with Gasteiger partial charge in [0.05, 0.1) is 12.2 Å². The Morgan fingerprint density at radius 2 is 1.73 bits per heavy atom. The Hall–Kier alpha value is -4.22. The number of alkyl halides is 1. The first-order chi connectivity index (χ1) is 22.0. The molecule has 6 rings (SSSR count). The fourth-order valence-corrected chi connectivity index (χ4v) is 7.00. The number of hydrogen-bond acceptors (Lipinski definition) is 4. The molecule has 0 aromatic heterocycles. The molecule has 1 aliphatic carbocycles. The summed E-state index contributed by atoms with van der Waals surface area (Å²) in [7, 11) is 0. The number of esters is 1. The number of aryl methyl sites for hydroxylation is 2. The van der Waals surface area contributed by atoms with Crippen LogP contribution in [0.5, 0.6) is 0 Å². The molecule has 45 heavy (non-hydrogen) atoms. The van der Waals surface area contributed by atoms with Gasteiger partial charge >= 0.3 is 5.97 Å². The Balaban J connectivity index is 1.36. The summed E-state index contributed by atoms with van der Waals surface area (Å²) in [6.07, 6.45) is 5.53. The van der Waals surface area contributed by atoms with E-state index in [1.807, 2.05) is 49.4 Å². The molecule has 0 bridgehead atoms. The molecule has 1 heterocycles. The number of nitrogens with zero attached hydrogens (tertiary/aromatic N) is 1. The number of halogens is 1. The van der Waals surface area contributed by atoms with Crippen molar-refractivity contribution in [1.29, 1.82) is 0 Å². The summed E-state index contributed by atoms with van der Waals surface area (Å²) in [4.78, 5) is 16.1. The van der Waals surface area contributed by atoms with Crippen molar-refractivity contribution in [3.63, 3.8) is 0 Å². The number of rotatable bonds is 10. The highest BCUT2D eigenvalue weighted by Gasteiger charge is 2.25. The topological polar surface area (TPSA) is 55.6 Å². The molecule has 4 nitrogen and oxygen atoms in total. The second kappa shape index (κ2) is 14.3. The molecule has 1 aliphatic heterocycles. The summed E-state index contributed by atoms with van der Waals surface area (Å²) < 4.78 is 18.5. The second-order valence-corrected chi connectivity index (χ2v) is 12.6. The first-order valence-electron chi connectivity index (χ1n) is 16.3. The van der Waals surface area contributed by atoms with E-state index in [-0.39, 0.29) is 19.3 Å². The average molecular weight is 603 g/mol. The fraction of sp³-hybridized carbons (Fsp3) is 0.325. The Kier molecular flexibility index (Phi) is 9.75. The molecule has 2 N–H and O–H groups in total. The third-order valence-electron chi connectivity index (χ3n) is 9.25. The van der Waals surface area contributed by atoms with Crippen LogP contribution in [0.4, 0.5) is 10.1 Å². The molecule has 0 saturated carbocycles. The fourth-order valence-electron chi connectivity index (χ4n) is 7.00. The van der Waals surface area contributed by atoms with Crippen LogP contribution in [-0.4, -0.2) is 37.2 Å². The van der Waals surface area contributed by atoms with Crippen molar-refractivity contribution in [3.8, 4) is 0 Å². The zero-order valence-electron chi connectivity index (χ0n) is 26.2. The maximum atomic E-state index is 13.7. The van der Waals surface area contributed by atoms with Crippen molar-refractivity contribution in [3.05, 3.63) is 136 Å². The highest BCUT2D eigenvalue weighted by Crippen LogP contribution is 2.42. The molecule has 1 fully saturated rings. The van der Waals surface area contributed by atoms with Gasteiger partial charge in [-0.1, -0.05) is 78.4 Å². The van der Waals surface area contributed by atoms with E-state index in [1.165, 1.54) is 16.7 Å². The van der Waals surface area contributed by atoms with E-state index in [1.54, 1.807) is 0 Å². The summed E-state index contributed by atoms with van der Waals surface area (Å²) in [5.74, 6) is 0.294. The number of fused-ring (bicyclic) bond motifs is 1. The third-order valence-corrected chi connectivity index (χ3v) is 9.25. The summed E-state index contributed by atoms with van der Waals surface area (Å²) in [5.41, 5.74) is 17.8. The number of carbonyl (C=O) groups is 1. The number of allylic oxidation sites excluding steroid dienone is 1. The van der Waals surface area contributed by atoms with Crippen LogP contribution in [0, 0.1) is 12.8 Å². The minimum atomic E-state index is -0.307. The molecule has 0 unspecified atom stereocenters. The molecular formula is C40H43FN2O2. The summed E-state index contributed by atoms with van der Waals surface area (Å²) in [6, 6.07) is 31.2. The number of hydrogen-bond donors (Lipinski definition) is 1. The number of nitrogens with two attached hydrogens (primary N) is 1. The van der Waals surface area contributed by atoms with E-state index in [9.17, 15) is 9.18 Å². The van der Waals surface area contributed by atoms with Gasteiger partial charge in [-0.25, -0.2) is 4.79 Å². The number of anilines is 1.